The summed E-state index contributed by atoms with van der Waals surface area (Å²) in [5.41, 5.74) is 1.98. The minimum Gasteiger partial charge on any atom is -0.321 e. The minimum atomic E-state index is -0.155. The summed E-state index contributed by atoms with van der Waals surface area (Å²) in [6.45, 7) is 5.72. The van der Waals surface area contributed by atoms with Gasteiger partial charge in [-0.1, -0.05) is 32.0 Å². The van der Waals surface area contributed by atoms with Crippen LogP contribution in [-0.4, -0.2) is 11.8 Å². The van der Waals surface area contributed by atoms with E-state index in [1.165, 1.54) is 18.3 Å². The van der Waals surface area contributed by atoms with Gasteiger partial charge in [0.05, 0.1) is 9.88 Å². The molecule has 0 saturated carbocycles. The van der Waals surface area contributed by atoms with Crippen molar-refractivity contribution >= 4 is 33.8 Å². The number of carbonyl (C=O) groups excluding carboxylic acids is 2. The molecule has 0 radical (unpaired) electrons. The smallest absolute Gasteiger partial charge is 0.265 e. The highest BCUT2D eigenvalue weighted by Crippen LogP contribution is 2.28. The predicted molar refractivity (Wildman–Crippen MR) is 91.7 cm³/mol. The van der Waals surface area contributed by atoms with Crippen LogP contribution in [0.1, 0.15) is 48.3 Å². The largest absolute Gasteiger partial charge is 0.321 e. The van der Waals surface area contributed by atoms with Crippen molar-refractivity contribution in [2.75, 3.05) is 10.6 Å². The van der Waals surface area contributed by atoms with Gasteiger partial charge >= 0.3 is 0 Å². The van der Waals surface area contributed by atoms with E-state index < -0.39 is 0 Å². The number of thiophene rings is 1. The number of benzene rings is 1. The Bertz CT molecular complexity index is 679. The van der Waals surface area contributed by atoms with Crippen molar-refractivity contribution in [1.82, 2.24) is 0 Å². The Morgan fingerprint density at radius 1 is 1.14 bits per heavy atom. The highest BCUT2D eigenvalue weighted by atomic mass is 32.1. The minimum absolute atomic E-state index is 0.143. The molecule has 1 atom stereocenters. The van der Waals surface area contributed by atoms with Gasteiger partial charge in [-0.05, 0) is 36.1 Å². The van der Waals surface area contributed by atoms with Crippen LogP contribution in [0.4, 0.5) is 10.7 Å². The van der Waals surface area contributed by atoms with Crippen molar-refractivity contribution in [3.63, 3.8) is 0 Å². The third-order valence-electron chi connectivity index (χ3n) is 3.48. The maximum atomic E-state index is 12.4. The number of hydrogen-bond donors (Lipinski definition) is 2. The van der Waals surface area contributed by atoms with Gasteiger partial charge in [-0.2, -0.15) is 0 Å². The number of amides is 2. The molecule has 2 amide bonds. The zero-order chi connectivity index (χ0) is 16.1. The summed E-state index contributed by atoms with van der Waals surface area (Å²) < 4.78 is 0. The monoisotopic (exact) mass is 316 g/mol. The second kappa shape index (κ2) is 7.22. The van der Waals surface area contributed by atoms with E-state index in [0.717, 1.165) is 17.7 Å². The van der Waals surface area contributed by atoms with E-state index in [1.54, 1.807) is 12.1 Å². The quantitative estimate of drug-likeness (QED) is 0.855. The number of nitrogens with one attached hydrogen (secondary N) is 2. The molecule has 0 spiro atoms. The Balaban J connectivity index is 2.15. The molecule has 22 heavy (non-hydrogen) atoms. The molecule has 1 heterocycles. The average Bonchev–Trinajstić information content (AvgIpc) is 2.94. The van der Waals surface area contributed by atoms with Crippen molar-refractivity contribution < 1.29 is 9.59 Å². The van der Waals surface area contributed by atoms with Gasteiger partial charge < -0.3 is 10.6 Å². The van der Waals surface area contributed by atoms with Gasteiger partial charge in [0.25, 0.3) is 5.91 Å². The van der Waals surface area contributed by atoms with Crippen LogP contribution in [0.25, 0.3) is 0 Å². The van der Waals surface area contributed by atoms with Crippen LogP contribution in [0.2, 0.25) is 0 Å². The van der Waals surface area contributed by atoms with Gasteiger partial charge in [-0.25, -0.2) is 0 Å². The number of carbonyl (C=O) groups is 2. The van der Waals surface area contributed by atoms with Crippen molar-refractivity contribution in [1.29, 1.82) is 0 Å². The molecular formula is C17H20N2O2S. The van der Waals surface area contributed by atoms with E-state index in [1.807, 2.05) is 24.3 Å². The first kappa shape index (κ1) is 16.2. The maximum absolute atomic E-state index is 12.4. The number of anilines is 2. The molecule has 0 unspecified atom stereocenters. The lowest BCUT2D eigenvalue weighted by Gasteiger charge is -2.15. The fourth-order valence-corrected chi connectivity index (χ4v) is 2.99. The van der Waals surface area contributed by atoms with Gasteiger partial charge in [-0.15, -0.1) is 11.3 Å². The Hall–Kier alpha value is -2.14. The summed E-state index contributed by atoms with van der Waals surface area (Å²) in [6.07, 6.45) is 1.01. The number of rotatable bonds is 5. The lowest BCUT2D eigenvalue weighted by atomic mass is 9.97. The van der Waals surface area contributed by atoms with Gasteiger partial charge in [0, 0.05) is 12.6 Å². The average molecular weight is 316 g/mol. The van der Waals surface area contributed by atoms with E-state index in [2.05, 4.69) is 24.5 Å². The van der Waals surface area contributed by atoms with Crippen LogP contribution in [0, 0.1) is 0 Å². The molecule has 2 N–H and O–H groups in total. The molecule has 4 nitrogen and oxygen atoms in total. The summed E-state index contributed by atoms with van der Waals surface area (Å²) in [4.78, 5) is 24.0. The Labute approximate surface area is 134 Å². The number of hydrogen-bond acceptors (Lipinski definition) is 3. The predicted octanol–water partition coefficient (Wildman–Crippen LogP) is 4.47. The summed E-state index contributed by atoms with van der Waals surface area (Å²) in [5.74, 6) is 0.0862. The third-order valence-corrected chi connectivity index (χ3v) is 4.48. The van der Waals surface area contributed by atoms with Crippen LogP contribution in [0.5, 0.6) is 0 Å². The highest BCUT2D eigenvalue weighted by Gasteiger charge is 2.14. The third kappa shape index (κ3) is 3.95. The second-order valence-electron chi connectivity index (χ2n) is 5.20. The molecule has 116 valence electrons. The molecule has 0 aliphatic carbocycles. The summed E-state index contributed by atoms with van der Waals surface area (Å²) in [6, 6.07) is 11.3. The molecule has 2 aromatic rings. The molecule has 0 aliphatic heterocycles. The van der Waals surface area contributed by atoms with E-state index in [9.17, 15) is 9.59 Å². The SMILES string of the molecule is CC[C@@H](C)c1ccccc1NC(=O)c1ccc(NC(C)=O)s1. The van der Waals surface area contributed by atoms with Crippen molar-refractivity contribution in [2.45, 2.75) is 33.1 Å². The molecule has 1 aromatic heterocycles. The molecular weight excluding hydrogens is 296 g/mol. The molecule has 0 aliphatic rings. The fourth-order valence-electron chi connectivity index (χ4n) is 2.14. The van der Waals surface area contributed by atoms with Crippen LogP contribution in [-0.2, 0) is 4.79 Å². The van der Waals surface area contributed by atoms with Gasteiger partial charge in [0.2, 0.25) is 5.91 Å². The normalized spacial score (nSPS) is 11.8. The van der Waals surface area contributed by atoms with E-state index in [0.29, 0.717) is 15.8 Å². The van der Waals surface area contributed by atoms with Crippen molar-refractivity contribution in [3.05, 3.63) is 46.8 Å². The molecule has 0 bridgehead atoms. The van der Waals surface area contributed by atoms with E-state index in [-0.39, 0.29) is 11.8 Å². The van der Waals surface area contributed by atoms with Crippen LogP contribution in [0.15, 0.2) is 36.4 Å². The molecule has 1 aromatic carbocycles. The second-order valence-corrected chi connectivity index (χ2v) is 6.28. The van der Waals surface area contributed by atoms with Crippen molar-refractivity contribution in [2.24, 2.45) is 0 Å². The first-order valence-corrected chi connectivity index (χ1v) is 8.10. The van der Waals surface area contributed by atoms with E-state index >= 15 is 0 Å². The maximum Gasteiger partial charge on any atom is 0.265 e. The lowest BCUT2D eigenvalue weighted by Crippen LogP contribution is -2.12. The summed E-state index contributed by atoms with van der Waals surface area (Å²) in [7, 11) is 0. The van der Waals surface area contributed by atoms with Crippen LogP contribution in [0.3, 0.4) is 0 Å². The van der Waals surface area contributed by atoms with Crippen LogP contribution < -0.4 is 10.6 Å². The molecule has 0 saturated heterocycles. The Kier molecular flexibility index (Phi) is 5.33. The van der Waals surface area contributed by atoms with Gasteiger partial charge in [0.15, 0.2) is 0 Å². The van der Waals surface area contributed by atoms with E-state index in [4.69, 9.17) is 0 Å². The first-order valence-electron chi connectivity index (χ1n) is 7.29. The van der Waals surface area contributed by atoms with Gasteiger partial charge in [-0.3, -0.25) is 9.59 Å². The lowest BCUT2D eigenvalue weighted by molar-refractivity contribution is -0.114. The van der Waals surface area contributed by atoms with Crippen LogP contribution >= 0.6 is 11.3 Å². The first-order chi connectivity index (χ1) is 10.5. The summed E-state index contributed by atoms with van der Waals surface area (Å²) >= 11 is 1.26. The fraction of sp³-hybridized carbons (Fsp3) is 0.294. The molecule has 0 fully saturated rings. The van der Waals surface area contributed by atoms with Crippen molar-refractivity contribution in [3.8, 4) is 0 Å². The zero-order valence-corrected chi connectivity index (χ0v) is 13.8. The summed E-state index contributed by atoms with van der Waals surface area (Å²) in [5, 5.41) is 6.32. The molecule has 2 rings (SSSR count). The number of para-hydroxylation sites is 1. The Morgan fingerprint density at radius 2 is 1.86 bits per heavy atom. The van der Waals surface area contributed by atoms with Gasteiger partial charge in [0.1, 0.15) is 0 Å². The highest BCUT2D eigenvalue weighted by molar-refractivity contribution is 7.18. The topological polar surface area (TPSA) is 58.2 Å². The standard InChI is InChI=1S/C17H20N2O2S/c1-4-11(2)13-7-5-6-8-14(13)19-17(21)15-9-10-16(22-15)18-12(3)20/h5-11H,4H2,1-3H3,(H,18,20)(H,19,21)/t11-/m1/s1. The Morgan fingerprint density at radius 3 is 2.55 bits per heavy atom. The molecule has 5 heteroatoms. The zero-order valence-electron chi connectivity index (χ0n) is 13.0.